The molecule has 0 amide bonds. The van der Waals surface area contributed by atoms with E-state index in [1.54, 1.807) is 6.07 Å². The summed E-state index contributed by atoms with van der Waals surface area (Å²) in [5, 5.41) is 9.44. The molecule has 2 unspecified atom stereocenters. The van der Waals surface area contributed by atoms with Crippen molar-refractivity contribution in [3.63, 3.8) is 0 Å². The minimum absolute atomic E-state index is 0.131. The van der Waals surface area contributed by atoms with Gasteiger partial charge in [0.25, 0.3) is 0 Å². The Bertz CT molecular complexity index is 869. The van der Waals surface area contributed by atoms with E-state index in [1.807, 2.05) is 24.3 Å². The first kappa shape index (κ1) is 25.9. The summed E-state index contributed by atoms with van der Waals surface area (Å²) in [4.78, 5) is 0. The van der Waals surface area contributed by atoms with Gasteiger partial charge in [0.1, 0.15) is 5.75 Å². The summed E-state index contributed by atoms with van der Waals surface area (Å²) in [5.74, 6) is -0.218. The number of aliphatic hydroxyl groups is 1. The Labute approximate surface area is 189 Å². The monoisotopic (exact) mass is 523 g/mol. The van der Waals surface area contributed by atoms with Gasteiger partial charge < -0.3 is 20.1 Å². The van der Waals surface area contributed by atoms with Crippen molar-refractivity contribution in [3.8, 4) is 5.75 Å². The molecule has 0 aromatic heterocycles. The van der Waals surface area contributed by atoms with Gasteiger partial charge in [-0.15, -0.1) is 0 Å². The number of aliphatic hydroxyl groups excluding tert-OH is 1. The Morgan fingerprint density at radius 2 is 1.84 bits per heavy atom. The van der Waals surface area contributed by atoms with Crippen molar-refractivity contribution in [3.05, 3.63) is 63.6 Å². The predicted molar refractivity (Wildman–Crippen MR) is 118 cm³/mol. The lowest BCUT2D eigenvalue weighted by Gasteiger charge is -2.26. The standard InChI is InChI=1S/C21H26BrF3NO4P/c22-17-5-1-3-15(11-17)4-2-10-29-19-7-6-16(12-18(19)21(23,24)25)8-9-20(26,13-27)14-30-31-28/h1,3,5-7,11-12,27H,2,4,8-10,13-14,26,31H2. The maximum atomic E-state index is 13.6. The highest BCUT2D eigenvalue weighted by Gasteiger charge is 2.35. The van der Waals surface area contributed by atoms with Crippen molar-refractivity contribution in [1.29, 1.82) is 0 Å². The van der Waals surface area contributed by atoms with Crippen LogP contribution in [0, 0.1) is 0 Å². The van der Waals surface area contributed by atoms with Crippen LogP contribution in [0.5, 0.6) is 5.75 Å². The van der Waals surface area contributed by atoms with Gasteiger partial charge in [-0.05, 0) is 61.1 Å². The number of nitrogens with two attached hydrogens (primary N) is 1. The van der Waals surface area contributed by atoms with E-state index < -0.39 is 32.6 Å². The zero-order valence-corrected chi connectivity index (χ0v) is 19.6. The zero-order chi connectivity index (χ0) is 22.9. The molecule has 2 aromatic carbocycles. The van der Waals surface area contributed by atoms with E-state index in [1.165, 1.54) is 6.07 Å². The van der Waals surface area contributed by atoms with E-state index in [9.17, 15) is 22.8 Å². The summed E-state index contributed by atoms with van der Waals surface area (Å²) < 4.78 is 62.4. The topological polar surface area (TPSA) is 81.8 Å². The molecule has 0 spiro atoms. The lowest BCUT2D eigenvalue weighted by Crippen LogP contribution is -2.47. The van der Waals surface area contributed by atoms with E-state index in [0.717, 1.165) is 16.1 Å². The third kappa shape index (κ3) is 8.58. The van der Waals surface area contributed by atoms with E-state index in [0.29, 0.717) is 18.4 Å². The first-order chi connectivity index (χ1) is 14.7. The van der Waals surface area contributed by atoms with Crippen LogP contribution in [0.1, 0.15) is 29.5 Å². The van der Waals surface area contributed by atoms with Crippen LogP contribution >= 0.6 is 24.6 Å². The number of hydrogen-bond donors (Lipinski definition) is 2. The molecule has 2 rings (SSSR count). The summed E-state index contributed by atoms with van der Waals surface area (Å²) in [6, 6.07) is 11.6. The average molecular weight is 524 g/mol. The van der Waals surface area contributed by atoms with Crippen LogP contribution in [0.15, 0.2) is 46.9 Å². The lowest BCUT2D eigenvalue weighted by atomic mass is 9.93. The van der Waals surface area contributed by atoms with Crippen LogP contribution in [0.4, 0.5) is 13.2 Å². The molecule has 0 saturated carbocycles. The fraction of sp³-hybridized carbons (Fsp3) is 0.429. The molecular formula is C21H26BrF3NO4P. The average Bonchev–Trinajstić information content (AvgIpc) is 2.73. The van der Waals surface area contributed by atoms with E-state index in [-0.39, 0.29) is 31.8 Å². The van der Waals surface area contributed by atoms with Gasteiger partial charge in [-0.3, -0.25) is 4.57 Å². The fourth-order valence-electron chi connectivity index (χ4n) is 3.02. The second-order valence-electron chi connectivity index (χ2n) is 7.34. The molecule has 0 heterocycles. The summed E-state index contributed by atoms with van der Waals surface area (Å²) >= 11 is 3.39. The Morgan fingerprint density at radius 1 is 1.10 bits per heavy atom. The van der Waals surface area contributed by atoms with Gasteiger partial charge in [0.2, 0.25) is 0 Å². The minimum Gasteiger partial charge on any atom is -0.493 e. The molecule has 5 nitrogen and oxygen atoms in total. The summed E-state index contributed by atoms with van der Waals surface area (Å²) in [5.41, 5.74) is 5.44. The quantitative estimate of drug-likeness (QED) is 0.308. The predicted octanol–water partition coefficient (Wildman–Crippen LogP) is 4.79. The van der Waals surface area contributed by atoms with Crippen LogP contribution in [-0.2, 0) is 28.1 Å². The molecular weight excluding hydrogens is 498 g/mol. The largest absolute Gasteiger partial charge is 0.493 e. The number of alkyl halides is 3. The van der Waals surface area contributed by atoms with Gasteiger partial charge in [-0.25, -0.2) is 0 Å². The Hall–Kier alpha value is -1.38. The number of ether oxygens (including phenoxy) is 1. The van der Waals surface area contributed by atoms with Crippen LogP contribution in [-0.4, -0.2) is 30.5 Å². The van der Waals surface area contributed by atoms with Gasteiger partial charge in [0, 0.05) is 4.47 Å². The normalized spacial score (nSPS) is 14.1. The van der Waals surface area contributed by atoms with Crippen molar-refractivity contribution in [2.24, 2.45) is 5.73 Å². The maximum Gasteiger partial charge on any atom is 0.419 e. The molecule has 2 aromatic rings. The molecule has 31 heavy (non-hydrogen) atoms. The molecule has 0 aliphatic rings. The van der Waals surface area contributed by atoms with Crippen molar-refractivity contribution in [2.45, 2.75) is 37.4 Å². The Balaban J connectivity index is 2.01. The minimum atomic E-state index is -4.57. The Kier molecular flexibility index (Phi) is 10.0. The van der Waals surface area contributed by atoms with E-state index in [2.05, 4.69) is 15.9 Å². The molecule has 10 heteroatoms. The van der Waals surface area contributed by atoms with Crippen molar-refractivity contribution in [2.75, 3.05) is 19.8 Å². The second kappa shape index (κ2) is 12.0. The number of hydrogen-bond acceptors (Lipinski definition) is 5. The molecule has 2 atom stereocenters. The van der Waals surface area contributed by atoms with Crippen LogP contribution < -0.4 is 10.5 Å². The third-order valence-corrected chi connectivity index (χ3v) is 5.57. The van der Waals surface area contributed by atoms with E-state index in [4.69, 9.17) is 15.0 Å². The number of rotatable bonds is 12. The van der Waals surface area contributed by atoms with E-state index >= 15 is 0 Å². The molecule has 0 saturated heterocycles. The number of halogens is 4. The second-order valence-corrected chi connectivity index (χ2v) is 8.78. The SMILES string of the molecule is NC(CO)(CCc1ccc(OCCCc2cccc(Br)c2)c(C(F)(F)F)c1)CO[PH2]=O. The first-order valence-electron chi connectivity index (χ1n) is 9.69. The third-order valence-electron chi connectivity index (χ3n) is 4.77. The lowest BCUT2D eigenvalue weighted by molar-refractivity contribution is -0.139. The molecule has 3 N–H and O–H groups in total. The molecule has 0 aliphatic carbocycles. The fourth-order valence-corrected chi connectivity index (χ4v) is 3.87. The highest BCUT2D eigenvalue weighted by Crippen LogP contribution is 2.37. The van der Waals surface area contributed by atoms with Crippen LogP contribution in [0.25, 0.3) is 0 Å². The van der Waals surface area contributed by atoms with Gasteiger partial charge in [-0.1, -0.05) is 34.1 Å². The summed E-state index contributed by atoms with van der Waals surface area (Å²) in [6.07, 6.45) is -2.94. The maximum absolute atomic E-state index is 13.6. The number of aryl methyl sites for hydroxylation is 2. The highest BCUT2D eigenvalue weighted by molar-refractivity contribution is 9.10. The highest BCUT2D eigenvalue weighted by atomic mass is 79.9. The molecule has 0 fully saturated rings. The van der Waals surface area contributed by atoms with Crippen molar-refractivity contribution >= 4 is 24.6 Å². The smallest absolute Gasteiger partial charge is 0.419 e. The summed E-state index contributed by atoms with van der Waals surface area (Å²) in [7, 11) is -1.47. The molecule has 0 bridgehead atoms. The van der Waals surface area contributed by atoms with Gasteiger partial charge in [0.05, 0.1) is 30.9 Å². The number of benzene rings is 2. The van der Waals surface area contributed by atoms with Crippen LogP contribution in [0.2, 0.25) is 0 Å². The van der Waals surface area contributed by atoms with Crippen molar-refractivity contribution in [1.82, 2.24) is 0 Å². The van der Waals surface area contributed by atoms with Crippen LogP contribution in [0.3, 0.4) is 0 Å². The van der Waals surface area contributed by atoms with Gasteiger partial charge in [0.15, 0.2) is 8.69 Å². The molecule has 0 aliphatic heterocycles. The first-order valence-corrected chi connectivity index (χ1v) is 11.4. The zero-order valence-electron chi connectivity index (χ0n) is 16.8. The molecule has 0 radical (unpaired) electrons. The summed E-state index contributed by atoms with van der Waals surface area (Å²) in [6.45, 7) is -0.411. The Morgan fingerprint density at radius 3 is 2.48 bits per heavy atom. The van der Waals surface area contributed by atoms with Gasteiger partial charge in [-0.2, -0.15) is 13.2 Å². The molecule has 172 valence electrons. The van der Waals surface area contributed by atoms with Crippen molar-refractivity contribution < 1.29 is 32.1 Å². The van der Waals surface area contributed by atoms with Gasteiger partial charge >= 0.3 is 6.18 Å².